The molecule has 0 radical (unpaired) electrons. The normalized spacial score (nSPS) is 12.8. The summed E-state index contributed by atoms with van der Waals surface area (Å²) in [6, 6.07) is 26.0. The molecule has 1 aliphatic rings. The Kier molecular flexibility index (Phi) is 4.51. The van der Waals surface area contributed by atoms with Crippen molar-refractivity contribution in [1.82, 2.24) is 0 Å². The van der Waals surface area contributed by atoms with Gasteiger partial charge in [0.1, 0.15) is 7.05 Å². The van der Waals surface area contributed by atoms with Gasteiger partial charge in [0.25, 0.3) is 0 Å². The average molecular weight is 329 g/mol. The minimum absolute atomic E-state index is 0.973. The first-order valence-corrected chi connectivity index (χ1v) is 9.20. The van der Waals surface area contributed by atoms with Gasteiger partial charge in [-0.25, -0.2) is 4.57 Å². The summed E-state index contributed by atoms with van der Waals surface area (Å²) in [7, 11) is 2.23. The Morgan fingerprint density at radius 1 is 0.800 bits per heavy atom. The number of para-hydroxylation sites is 2. The fourth-order valence-electron chi connectivity index (χ4n) is 3.90. The number of hydrogen-bond acceptors (Lipinski definition) is 1. The lowest BCUT2D eigenvalue weighted by Crippen LogP contribution is -2.39. The molecule has 126 valence electrons. The van der Waals surface area contributed by atoms with Crippen molar-refractivity contribution < 1.29 is 4.57 Å². The van der Waals surface area contributed by atoms with Crippen molar-refractivity contribution in [3.05, 3.63) is 89.7 Å². The van der Waals surface area contributed by atoms with Gasteiger partial charge in [-0.05, 0) is 43.2 Å². The van der Waals surface area contributed by atoms with E-state index in [1.54, 1.807) is 0 Å². The van der Waals surface area contributed by atoms with E-state index in [9.17, 15) is 0 Å². The monoisotopic (exact) mass is 329 g/mol. The maximum Gasteiger partial charge on any atom is 0.184 e. The van der Waals surface area contributed by atoms with Crippen LogP contribution in [0.2, 0.25) is 0 Å². The van der Waals surface area contributed by atoms with Crippen molar-refractivity contribution in [2.45, 2.75) is 25.7 Å². The van der Waals surface area contributed by atoms with E-state index in [0.717, 1.165) is 13.0 Å². The minimum Gasteiger partial charge on any atom is -0.341 e. The molecule has 3 aromatic rings. The SMILES string of the molecule is C[n+]1c(CCN(c2ccccc2)c2ccccc2)ccc2c1CCC2. The van der Waals surface area contributed by atoms with Gasteiger partial charge in [0.2, 0.25) is 0 Å². The molecule has 2 aromatic carbocycles. The second-order valence-corrected chi connectivity index (χ2v) is 6.78. The summed E-state index contributed by atoms with van der Waals surface area (Å²) in [5, 5.41) is 0. The van der Waals surface area contributed by atoms with Crippen LogP contribution in [0.3, 0.4) is 0 Å². The third kappa shape index (κ3) is 3.30. The largest absolute Gasteiger partial charge is 0.341 e. The summed E-state index contributed by atoms with van der Waals surface area (Å²) in [4.78, 5) is 2.41. The standard InChI is InChI=1S/C23H25N2/c1-24-20(16-15-19-9-8-14-23(19)24)17-18-25(21-10-4-2-5-11-21)22-12-6-3-7-13-22/h2-7,10-13,15-16H,8-9,14,17-18H2,1H3/q+1. The predicted molar refractivity (Wildman–Crippen MR) is 103 cm³/mol. The minimum atomic E-state index is 0.973. The lowest BCUT2D eigenvalue weighted by Gasteiger charge is -2.24. The maximum atomic E-state index is 2.43. The lowest BCUT2D eigenvalue weighted by atomic mass is 10.1. The van der Waals surface area contributed by atoms with Gasteiger partial charge in [-0.2, -0.15) is 0 Å². The smallest absolute Gasteiger partial charge is 0.184 e. The fraction of sp³-hybridized carbons (Fsp3) is 0.261. The van der Waals surface area contributed by atoms with E-state index >= 15 is 0 Å². The zero-order chi connectivity index (χ0) is 17.1. The highest BCUT2D eigenvalue weighted by Gasteiger charge is 2.22. The third-order valence-corrected chi connectivity index (χ3v) is 5.27. The number of nitrogens with zero attached hydrogens (tertiary/aromatic N) is 2. The van der Waals surface area contributed by atoms with Crippen LogP contribution in [0.1, 0.15) is 23.4 Å². The van der Waals surface area contributed by atoms with E-state index in [-0.39, 0.29) is 0 Å². The summed E-state index contributed by atoms with van der Waals surface area (Å²) in [5.74, 6) is 0. The lowest BCUT2D eigenvalue weighted by molar-refractivity contribution is -0.686. The molecule has 0 N–H and O–H groups in total. The predicted octanol–water partition coefficient (Wildman–Crippen LogP) is 4.38. The van der Waals surface area contributed by atoms with E-state index < -0.39 is 0 Å². The molecule has 0 spiro atoms. The van der Waals surface area contributed by atoms with Gasteiger partial charge in [0.15, 0.2) is 11.4 Å². The summed E-state index contributed by atoms with van der Waals surface area (Å²) in [5.41, 5.74) is 6.98. The summed E-state index contributed by atoms with van der Waals surface area (Å²) < 4.78 is 2.43. The molecule has 0 unspecified atom stereocenters. The number of aryl methyl sites for hydroxylation is 1. The molecule has 1 aromatic heterocycles. The van der Waals surface area contributed by atoms with E-state index in [1.165, 1.54) is 47.6 Å². The Hall–Kier alpha value is -2.61. The van der Waals surface area contributed by atoms with Crippen molar-refractivity contribution in [1.29, 1.82) is 0 Å². The molecular formula is C23H25N2+. The molecule has 1 aliphatic carbocycles. The van der Waals surface area contributed by atoms with E-state index in [4.69, 9.17) is 0 Å². The van der Waals surface area contributed by atoms with Gasteiger partial charge in [-0.1, -0.05) is 36.4 Å². The molecule has 0 amide bonds. The Morgan fingerprint density at radius 2 is 1.44 bits per heavy atom. The Balaban J connectivity index is 1.60. The van der Waals surface area contributed by atoms with Crippen molar-refractivity contribution in [2.75, 3.05) is 11.4 Å². The zero-order valence-electron chi connectivity index (χ0n) is 14.9. The number of anilines is 2. The second kappa shape index (κ2) is 7.10. The van der Waals surface area contributed by atoms with Crippen LogP contribution in [0.4, 0.5) is 11.4 Å². The highest BCUT2D eigenvalue weighted by molar-refractivity contribution is 5.62. The van der Waals surface area contributed by atoms with Gasteiger partial charge in [0.05, 0.1) is 6.42 Å². The van der Waals surface area contributed by atoms with Crippen LogP contribution in [0.25, 0.3) is 0 Å². The molecule has 0 bridgehead atoms. The molecule has 4 rings (SSSR count). The van der Waals surface area contributed by atoms with Crippen LogP contribution >= 0.6 is 0 Å². The number of aromatic nitrogens is 1. The van der Waals surface area contributed by atoms with Crippen LogP contribution in [0.15, 0.2) is 72.8 Å². The van der Waals surface area contributed by atoms with Crippen LogP contribution in [-0.2, 0) is 26.3 Å². The fourth-order valence-corrected chi connectivity index (χ4v) is 3.90. The van der Waals surface area contributed by atoms with Gasteiger partial charge < -0.3 is 4.90 Å². The first-order valence-electron chi connectivity index (χ1n) is 9.20. The second-order valence-electron chi connectivity index (χ2n) is 6.78. The van der Waals surface area contributed by atoms with E-state index in [1.807, 2.05) is 0 Å². The Bertz CT molecular complexity index is 801. The molecule has 0 saturated heterocycles. The van der Waals surface area contributed by atoms with E-state index in [2.05, 4.69) is 89.3 Å². The first-order chi connectivity index (χ1) is 12.3. The van der Waals surface area contributed by atoms with Gasteiger partial charge >= 0.3 is 0 Å². The number of hydrogen-bond donors (Lipinski definition) is 0. The number of rotatable bonds is 5. The molecule has 0 fully saturated rings. The quantitative estimate of drug-likeness (QED) is 0.630. The molecule has 1 heterocycles. The number of pyridine rings is 1. The molecule has 0 saturated carbocycles. The van der Waals surface area contributed by atoms with Crippen molar-refractivity contribution in [3.8, 4) is 0 Å². The van der Waals surface area contributed by atoms with E-state index in [0.29, 0.717) is 0 Å². The maximum absolute atomic E-state index is 2.43. The third-order valence-electron chi connectivity index (χ3n) is 5.27. The van der Waals surface area contributed by atoms with Gasteiger partial charge in [-0.15, -0.1) is 0 Å². The number of benzene rings is 2. The van der Waals surface area contributed by atoms with Crippen molar-refractivity contribution in [2.24, 2.45) is 7.05 Å². The van der Waals surface area contributed by atoms with Crippen LogP contribution in [0, 0.1) is 0 Å². The molecule has 25 heavy (non-hydrogen) atoms. The highest BCUT2D eigenvalue weighted by Crippen LogP contribution is 2.25. The Morgan fingerprint density at radius 3 is 2.08 bits per heavy atom. The summed E-state index contributed by atoms with van der Waals surface area (Å²) in [6.07, 6.45) is 4.80. The summed E-state index contributed by atoms with van der Waals surface area (Å²) in [6.45, 7) is 0.973. The van der Waals surface area contributed by atoms with Crippen molar-refractivity contribution in [3.63, 3.8) is 0 Å². The highest BCUT2D eigenvalue weighted by atomic mass is 15.1. The first kappa shape index (κ1) is 15.9. The molecule has 2 heteroatoms. The van der Waals surface area contributed by atoms with Crippen LogP contribution in [0.5, 0.6) is 0 Å². The molecule has 0 aliphatic heterocycles. The van der Waals surface area contributed by atoms with Crippen LogP contribution in [-0.4, -0.2) is 6.54 Å². The summed E-state index contributed by atoms with van der Waals surface area (Å²) >= 11 is 0. The average Bonchev–Trinajstić information content (AvgIpc) is 3.15. The van der Waals surface area contributed by atoms with Gasteiger partial charge in [-0.3, -0.25) is 0 Å². The number of fused-ring (bicyclic) bond motifs is 1. The Labute approximate surface area is 150 Å². The topological polar surface area (TPSA) is 7.12 Å². The molecule has 0 atom stereocenters. The molecule has 2 nitrogen and oxygen atoms in total. The van der Waals surface area contributed by atoms with Crippen molar-refractivity contribution >= 4 is 11.4 Å². The zero-order valence-corrected chi connectivity index (χ0v) is 14.9. The molecular weight excluding hydrogens is 304 g/mol. The van der Waals surface area contributed by atoms with Crippen LogP contribution < -0.4 is 9.47 Å². The van der Waals surface area contributed by atoms with Gasteiger partial charge in [0, 0.05) is 36.0 Å².